The van der Waals surface area contributed by atoms with Crippen LogP contribution in [0.5, 0.6) is 0 Å². The first-order chi connectivity index (χ1) is 13.1. The predicted octanol–water partition coefficient (Wildman–Crippen LogP) is 3.55. The van der Waals surface area contributed by atoms with E-state index in [0.29, 0.717) is 11.7 Å². The number of nitrogens with one attached hydrogen (secondary N) is 2. The highest BCUT2D eigenvalue weighted by atomic mass is 32.1. The average molecular weight is 385 g/mol. The van der Waals surface area contributed by atoms with Crippen LogP contribution < -0.4 is 15.6 Å². The van der Waals surface area contributed by atoms with Crippen molar-refractivity contribution >= 4 is 29.2 Å². The monoisotopic (exact) mass is 384 g/mol. The summed E-state index contributed by atoms with van der Waals surface area (Å²) in [6.07, 6.45) is 1.76. The van der Waals surface area contributed by atoms with Crippen LogP contribution in [0.2, 0.25) is 0 Å². The minimum atomic E-state index is 0.133. The van der Waals surface area contributed by atoms with Crippen LogP contribution in [0.25, 0.3) is 0 Å². The second-order valence-electron chi connectivity index (χ2n) is 6.29. The first-order valence-electron chi connectivity index (χ1n) is 9.09. The van der Waals surface area contributed by atoms with Gasteiger partial charge >= 0.3 is 0 Å². The van der Waals surface area contributed by atoms with Gasteiger partial charge in [0.05, 0.1) is 12.8 Å². The highest BCUT2D eigenvalue weighted by Crippen LogP contribution is 2.17. The van der Waals surface area contributed by atoms with Gasteiger partial charge in [-0.15, -0.1) is 0 Å². The van der Waals surface area contributed by atoms with Gasteiger partial charge in [0, 0.05) is 31.9 Å². The molecule has 0 aliphatic heterocycles. The quantitative estimate of drug-likeness (QED) is 0.393. The molecule has 0 aliphatic carbocycles. The molecule has 0 heterocycles. The Morgan fingerprint density at radius 3 is 2.52 bits per heavy atom. The number of nitrogens with zero attached hydrogens (tertiary/aromatic N) is 2. The van der Waals surface area contributed by atoms with E-state index in [1.807, 2.05) is 13.0 Å². The number of methoxy groups -OCH3 is 1. The van der Waals surface area contributed by atoms with Gasteiger partial charge in [-0.1, -0.05) is 42.5 Å². The number of benzene rings is 2. The molecule has 5 nitrogen and oxygen atoms in total. The highest BCUT2D eigenvalue weighted by Gasteiger charge is 2.05. The Labute approximate surface area is 167 Å². The van der Waals surface area contributed by atoms with Crippen molar-refractivity contribution in [3.63, 3.8) is 0 Å². The molecule has 0 saturated carbocycles. The standard InChI is InChI=1S/C21H28N4OS/c1-4-25(15-19-8-6-5-7-9-19)20-12-10-18(11-13-20)14-22-24-21(27)23-17(2)16-26-3/h5-14,17H,4,15-16H2,1-3H3,(H2,23,24,27)/b22-14-/t17-/m0/s1. The number of hydrogen-bond acceptors (Lipinski definition) is 4. The number of hydrazone groups is 1. The van der Waals surface area contributed by atoms with Crippen LogP contribution in [-0.2, 0) is 11.3 Å². The summed E-state index contributed by atoms with van der Waals surface area (Å²) >= 11 is 5.19. The van der Waals surface area contributed by atoms with E-state index in [9.17, 15) is 0 Å². The predicted molar refractivity (Wildman–Crippen MR) is 117 cm³/mol. The van der Waals surface area contributed by atoms with Crippen LogP contribution in [0, 0.1) is 0 Å². The maximum atomic E-state index is 5.19. The Morgan fingerprint density at radius 1 is 1.19 bits per heavy atom. The summed E-state index contributed by atoms with van der Waals surface area (Å²) in [6, 6.07) is 19.0. The van der Waals surface area contributed by atoms with E-state index in [0.717, 1.165) is 18.7 Å². The molecule has 1 atom stereocenters. The fraction of sp³-hybridized carbons (Fsp3) is 0.333. The van der Waals surface area contributed by atoms with Gasteiger partial charge in [-0.2, -0.15) is 5.10 Å². The summed E-state index contributed by atoms with van der Waals surface area (Å²) < 4.78 is 5.06. The number of thiocarbonyl (C=S) groups is 1. The van der Waals surface area contributed by atoms with E-state index in [1.165, 1.54) is 11.3 Å². The number of ether oxygens (including phenoxy) is 1. The Bertz CT molecular complexity index is 719. The molecular weight excluding hydrogens is 356 g/mol. The minimum Gasteiger partial charge on any atom is -0.383 e. The van der Waals surface area contributed by atoms with Crippen molar-refractivity contribution in [1.82, 2.24) is 10.7 Å². The van der Waals surface area contributed by atoms with Gasteiger partial charge in [-0.25, -0.2) is 0 Å². The van der Waals surface area contributed by atoms with Crippen molar-refractivity contribution < 1.29 is 4.74 Å². The van der Waals surface area contributed by atoms with Crippen molar-refractivity contribution in [2.75, 3.05) is 25.2 Å². The van der Waals surface area contributed by atoms with E-state index in [2.05, 4.69) is 76.2 Å². The van der Waals surface area contributed by atoms with Crippen molar-refractivity contribution in [3.8, 4) is 0 Å². The van der Waals surface area contributed by atoms with E-state index in [-0.39, 0.29) is 6.04 Å². The Morgan fingerprint density at radius 2 is 1.89 bits per heavy atom. The highest BCUT2D eigenvalue weighted by molar-refractivity contribution is 7.80. The zero-order valence-electron chi connectivity index (χ0n) is 16.2. The zero-order chi connectivity index (χ0) is 19.5. The largest absolute Gasteiger partial charge is 0.383 e. The minimum absolute atomic E-state index is 0.133. The van der Waals surface area contributed by atoms with Gasteiger partial charge in [0.15, 0.2) is 5.11 Å². The molecule has 144 valence electrons. The summed E-state index contributed by atoms with van der Waals surface area (Å²) in [4.78, 5) is 2.34. The van der Waals surface area contributed by atoms with Gasteiger partial charge in [-0.3, -0.25) is 5.43 Å². The van der Waals surface area contributed by atoms with E-state index >= 15 is 0 Å². The van der Waals surface area contributed by atoms with Gasteiger partial charge in [0.1, 0.15) is 0 Å². The van der Waals surface area contributed by atoms with Crippen LogP contribution >= 0.6 is 12.2 Å². The molecule has 0 amide bonds. The van der Waals surface area contributed by atoms with Crippen molar-refractivity contribution in [3.05, 3.63) is 65.7 Å². The molecule has 0 saturated heterocycles. The lowest BCUT2D eigenvalue weighted by Gasteiger charge is -2.23. The molecule has 2 aromatic carbocycles. The number of rotatable bonds is 9. The summed E-state index contributed by atoms with van der Waals surface area (Å²) in [7, 11) is 1.66. The first kappa shape index (κ1) is 20.9. The molecule has 27 heavy (non-hydrogen) atoms. The fourth-order valence-electron chi connectivity index (χ4n) is 2.67. The maximum Gasteiger partial charge on any atom is 0.187 e. The third-order valence-corrected chi connectivity index (χ3v) is 4.24. The van der Waals surface area contributed by atoms with Crippen LogP contribution in [0.3, 0.4) is 0 Å². The van der Waals surface area contributed by atoms with Crippen molar-refractivity contribution in [1.29, 1.82) is 0 Å². The third kappa shape index (κ3) is 7.37. The smallest absolute Gasteiger partial charge is 0.187 e. The van der Waals surface area contributed by atoms with E-state index in [4.69, 9.17) is 17.0 Å². The number of hydrogen-bond donors (Lipinski definition) is 2. The van der Waals surface area contributed by atoms with Gasteiger partial charge in [0.25, 0.3) is 0 Å². The molecule has 6 heteroatoms. The van der Waals surface area contributed by atoms with Crippen LogP contribution in [0.1, 0.15) is 25.0 Å². The van der Waals surface area contributed by atoms with E-state index in [1.54, 1.807) is 13.3 Å². The summed E-state index contributed by atoms with van der Waals surface area (Å²) in [6.45, 7) is 6.59. The molecule has 2 N–H and O–H groups in total. The van der Waals surface area contributed by atoms with Gasteiger partial charge in [-0.05, 0) is 49.3 Å². The Balaban J connectivity index is 1.89. The SMILES string of the molecule is CCN(Cc1ccccc1)c1ccc(/C=N\NC(=S)N[C@@H](C)COC)cc1. The van der Waals surface area contributed by atoms with Crippen LogP contribution in [0.4, 0.5) is 5.69 Å². The molecule has 0 bridgehead atoms. The van der Waals surface area contributed by atoms with Crippen LogP contribution in [0.15, 0.2) is 59.7 Å². The molecule has 0 unspecified atom stereocenters. The lowest BCUT2D eigenvalue weighted by molar-refractivity contribution is 0.179. The normalized spacial score (nSPS) is 12.0. The maximum absolute atomic E-state index is 5.19. The lowest BCUT2D eigenvalue weighted by atomic mass is 10.1. The fourth-order valence-corrected chi connectivity index (χ4v) is 2.93. The van der Waals surface area contributed by atoms with Crippen LogP contribution in [-0.4, -0.2) is 37.6 Å². The van der Waals surface area contributed by atoms with Gasteiger partial charge < -0.3 is 15.0 Å². The average Bonchev–Trinajstić information content (AvgIpc) is 2.67. The van der Waals surface area contributed by atoms with Crippen molar-refractivity contribution in [2.45, 2.75) is 26.4 Å². The first-order valence-corrected chi connectivity index (χ1v) is 9.50. The Kier molecular flexibility index (Phi) is 8.74. The summed E-state index contributed by atoms with van der Waals surface area (Å²) in [5.74, 6) is 0. The molecule has 0 spiro atoms. The van der Waals surface area contributed by atoms with E-state index < -0.39 is 0 Å². The van der Waals surface area contributed by atoms with Gasteiger partial charge in [0.2, 0.25) is 0 Å². The topological polar surface area (TPSA) is 48.9 Å². The molecule has 0 radical (unpaired) electrons. The lowest BCUT2D eigenvalue weighted by Crippen LogP contribution is -2.40. The molecule has 2 aromatic rings. The van der Waals surface area contributed by atoms with Crippen molar-refractivity contribution in [2.24, 2.45) is 5.10 Å². The molecule has 0 aliphatic rings. The molecule has 2 rings (SSSR count). The second kappa shape index (κ2) is 11.3. The molecular formula is C21H28N4OS. The summed E-state index contributed by atoms with van der Waals surface area (Å²) in [5.41, 5.74) is 6.33. The molecule has 0 fully saturated rings. The molecule has 0 aromatic heterocycles. The zero-order valence-corrected chi connectivity index (χ0v) is 17.0. The summed E-state index contributed by atoms with van der Waals surface area (Å²) in [5, 5.41) is 7.76. The second-order valence-corrected chi connectivity index (χ2v) is 6.70. The third-order valence-electron chi connectivity index (χ3n) is 4.03. The number of anilines is 1. The Hall–Kier alpha value is -2.44.